The Morgan fingerprint density at radius 1 is 1.15 bits per heavy atom. The number of fused-ring (bicyclic) bond motifs is 1. The predicted octanol–water partition coefficient (Wildman–Crippen LogP) is 1.56. The lowest BCUT2D eigenvalue weighted by Gasteiger charge is -2.35. The van der Waals surface area contributed by atoms with Crippen molar-refractivity contribution in [2.24, 2.45) is 0 Å². The van der Waals surface area contributed by atoms with E-state index in [1.807, 2.05) is 10.9 Å². The van der Waals surface area contributed by atoms with Crippen LogP contribution in [0.15, 0.2) is 18.0 Å². The molecule has 138 valence electrons. The first-order valence-corrected chi connectivity index (χ1v) is 9.65. The van der Waals surface area contributed by atoms with E-state index in [9.17, 15) is 0 Å². The molecule has 4 rings (SSSR count). The van der Waals surface area contributed by atoms with Crippen LogP contribution in [0.5, 0.6) is 0 Å². The molecular formula is C17H23N7OS. The van der Waals surface area contributed by atoms with Crippen LogP contribution in [-0.4, -0.2) is 69.3 Å². The standard InChI is InChI=1S/C17H23N7OS/c1-13-21-14(10-26-13)9-22-3-5-23(6-4-22)16-15-17(19-11-18-16)24(12-20-15)7-8-25-2/h10-12H,3-9H2,1-2H3. The van der Waals surface area contributed by atoms with Gasteiger partial charge in [0.05, 0.1) is 23.6 Å². The van der Waals surface area contributed by atoms with Crippen LogP contribution < -0.4 is 4.90 Å². The van der Waals surface area contributed by atoms with Crippen LogP contribution in [0, 0.1) is 6.92 Å². The maximum Gasteiger partial charge on any atom is 0.165 e. The highest BCUT2D eigenvalue weighted by Crippen LogP contribution is 2.23. The molecule has 1 saturated heterocycles. The number of nitrogens with zero attached hydrogens (tertiary/aromatic N) is 7. The van der Waals surface area contributed by atoms with Crippen LogP contribution in [0.25, 0.3) is 11.2 Å². The van der Waals surface area contributed by atoms with Gasteiger partial charge in [-0.3, -0.25) is 4.90 Å². The molecule has 1 aliphatic rings. The molecule has 26 heavy (non-hydrogen) atoms. The number of methoxy groups -OCH3 is 1. The van der Waals surface area contributed by atoms with Gasteiger partial charge < -0.3 is 14.2 Å². The summed E-state index contributed by atoms with van der Waals surface area (Å²) in [5.41, 5.74) is 2.90. The van der Waals surface area contributed by atoms with Gasteiger partial charge in [-0.2, -0.15) is 0 Å². The number of hydrogen-bond donors (Lipinski definition) is 0. The van der Waals surface area contributed by atoms with Crippen LogP contribution in [0.3, 0.4) is 0 Å². The Morgan fingerprint density at radius 3 is 2.73 bits per heavy atom. The van der Waals surface area contributed by atoms with Crippen LogP contribution in [0.4, 0.5) is 5.82 Å². The largest absolute Gasteiger partial charge is 0.383 e. The molecule has 0 radical (unpaired) electrons. The minimum atomic E-state index is 0.638. The molecule has 0 aromatic carbocycles. The Morgan fingerprint density at radius 2 is 2.00 bits per heavy atom. The second-order valence-corrected chi connectivity index (χ2v) is 7.48. The highest BCUT2D eigenvalue weighted by Gasteiger charge is 2.22. The summed E-state index contributed by atoms with van der Waals surface area (Å²) in [6, 6.07) is 0. The van der Waals surface area contributed by atoms with E-state index in [-0.39, 0.29) is 0 Å². The number of aromatic nitrogens is 5. The topological polar surface area (TPSA) is 72.2 Å². The monoisotopic (exact) mass is 373 g/mol. The number of piperazine rings is 1. The number of anilines is 1. The van der Waals surface area contributed by atoms with Crippen molar-refractivity contribution < 1.29 is 4.74 Å². The third-order valence-electron chi connectivity index (χ3n) is 4.64. The van der Waals surface area contributed by atoms with Gasteiger partial charge >= 0.3 is 0 Å². The van der Waals surface area contributed by atoms with Crippen molar-refractivity contribution in [2.45, 2.75) is 20.0 Å². The van der Waals surface area contributed by atoms with Gasteiger partial charge in [0.15, 0.2) is 17.0 Å². The molecule has 9 heteroatoms. The van der Waals surface area contributed by atoms with Gasteiger partial charge in [-0.1, -0.05) is 0 Å². The Balaban J connectivity index is 1.45. The van der Waals surface area contributed by atoms with E-state index >= 15 is 0 Å². The normalized spacial score (nSPS) is 15.8. The summed E-state index contributed by atoms with van der Waals surface area (Å²) in [4.78, 5) is 22.8. The summed E-state index contributed by atoms with van der Waals surface area (Å²) in [5.74, 6) is 0.926. The zero-order valence-electron chi connectivity index (χ0n) is 15.1. The lowest BCUT2D eigenvalue weighted by atomic mass is 10.3. The molecule has 0 aliphatic carbocycles. The number of hydrogen-bond acceptors (Lipinski definition) is 8. The van der Waals surface area contributed by atoms with E-state index < -0.39 is 0 Å². The highest BCUT2D eigenvalue weighted by atomic mass is 32.1. The summed E-state index contributed by atoms with van der Waals surface area (Å²) < 4.78 is 7.18. The lowest BCUT2D eigenvalue weighted by molar-refractivity contribution is 0.188. The summed E-state index contributed by atoms with van der Waals surface area (Å²) in [6.07, 6.45) is 3.45. The van der Waals surface area contributed by atoms with E-state index in [2.05, 4.69) is 42.0 Å². The SMILES string of the molecule is COCCn1cnc2c(N3CCN(Cc4csc(C)n4)CC3)ncnc21. The van der Waals surface area contributed by atoms with E-state index in [0.29, 0.717) is 6.61 Å². The van der Waals surface area contributed by atoms with E-state index in [1.165, 1.54) is 5.69 Å². The molecule has 1 fully saturated rings. The quantitative estimate of drug-likeness (QED) is 0.649. The second-order valence-electron chi connectivity index (χ2n) is 6.42. The fourth-order valence-electron chi connectivity index (χ4n) is 3.28. The highest BCUT2D eigenvalue weighted by molar-refractivity contribution is 7.09. The summed E-state index contributed by atoms with van der Waals surface area (Å²) in [5, 5.41) is 3.29. The lowest BCUT2D eigenvalue weighted by Crippen LogP contribution is -2.46. The zero-order chi connectivity index (χ0) is 17.9. The van der Waals surface area contributed by atoms with E-state index in [0.717, 1.165) is 61.3 Å². The molecule has 4 heterocycles. The Bertz CT molecular complexity index is 869. The molecule has 0 atom stereocenters. The van der Waals surface area contributed by atoms with Gasteiger partial charge in [0, 0.05) is 51.8 Å². The molecule has 3 aromatic rings. The van der Waals surface area contributed by atoms with E-state index in [1.54, 1.807) is 24.8 Å². The third kappa shape index (κ3) is 3.55. The Labute approximate surface area is 156 Å². The van der Waals surface area contributed by atoms with Crippen LogP contribution in [0.1, 0.15) is 10.7 Å². The van der Waals surface area contributed by atoms with Gasteiger partial charge in [0.2, 0.25) is 0 Å². The summed E-state index contributed by atoms with van der Waals surface area (Å²) >= 11 is 1.72. The van der Waals surface area contributed by atoms with Gasteiger partial charge in [-0.25, -0.2) is 19.9 Å². The number of rotatable bonds is 6. The maximum atomic E-state index is 5.16. The number of imidazole rings is 1. The van der Waals surface area contributed by atoms with Crippen molar-refractivity contribution >= 4 is 28.3 Å². The van der Waals surface area contributed by atoms with Gasteiger partial charge in [-0.05, 0) is 6.92 Å². The first kappa shape index (κ1) is 17.3. The van der Waals surface area contributed by atoms with Crippen molar-refractivity contribution in [1.82, 2.24) is 29.4 Å². The average Bonchev–Trinajstić information content (AvgIpc) is 3.26. The molecule has 0 unspecified atom stereocenters. The first-order valence-electron chi connectivity index (χ1n) is 8.77. The Kier molecular flexibility index (Phi) is 5.09. The van der Waals surface area contributed by atoms with Crippen LogP contribution in [0.2, 0.25) is 0 Å². The first-order chi connectivity index (χ1) is 12.7. The Hall–Kier alpha value is -2.10. The van der Waals surface area contributed by atoms with Crippen molar-refractivity contribution in [2.75, 3.05) is 44.8 Å². The van der Waals surface area contributed by atoms with Gasteiger partial charge in [0.1, 0.15) is 6.33 Å². The summed E-state index contributed by atoms with van der Waals surface area (Å²) in [6.45, 7) is 8.20. The fourth-order valence-corrected chi connectivity index (χ4v) is 3.88. The second kappa shape index (κ2) is 7.65. The average molecular weight is 373 g/mol. The zero-order valence-corrected chi connectivity index (χ0v) is 15.9. The minimum absolute atomic E-state index is 0.638. The van der Waals surface area contributed by atoms with Crippen molar-refractivity contribution in [3.63, 3.8) is 0 Å². The molecule has 0 amide bonds. The molecule has 0 bridgehead atoms. The molecule has 0 spiro atoms. The van der Waals surface area contributed by atoms with Crippen LogP contribution >= 0.6 is 11.3 Å². The molecule has 8 nitrogen and oxygen atoms in total. The number of aryl methyl sites for hydroxylation is 1. The number of thiazole rings is 1. The van der Waals surface area contributed by atoms with E-state index in [4.69, 9.17) is 4.74 Å². The van der Waals surface area contributed by atoms with Gasteiger partial charge in [-0.15, -0.1) is 11.3 Å². The van der Waals surface area contributed by atoms with Crippen molar-refractivity contribution in [1.29, 1.82) is 0 Å². The smallest absolute Gasteiger partial charge is 0.165 e. The maximum absolute atomic E-state index is 5.16. The fraction of sp³-hybridized carbons (Fsp3) is 0.529. The third-order valence-corrected chi connectivity index (χ3v) is 5.46. The summed E-state index contributed by atoms with van der Waals surface area (Å²) in [7, 11) is 1.70. The van der Waals surface area contributed by atoms with Crippen LogP contribution in [-0.2, 0) is 17.8 Å². The molecule has 3 aromatic heterocycles. The molecule has 0 saturated carbocycles. The predicted molar refractivity (Wildman–Crippen MR) is 102 cm³/mol. The molecule has 1 aliphatic heterocycles. The molecule has 0 N–H and O–H groups in total. The molecular weight excluding hydrogens is 350 g/mol. The van der Waals surface area contributed by atoms with Gasteiger partial charge in [0.25, 0.3) is 0 Å². The number of ether oxygens (including phenoxy) is 1. The van der Waals surface area contributed by atoms with Crippen molar-refractivity contribution in [3.05, 3.63) is 28.7 Å². The minimum Gasteiger partial charge on any atom is -0.383 e. The van der Waals surface area contributed by atoms with Crippen molar-refractivity contribution in [3.8, 4) is 0 Å².